The second kappa shape index (κ2) is 5.63. The Balaban J connectivity index is 2.41. The van der Waals surface area contributed by atoms with Crippen LogP contribution in [0.25, 0.3) is 0 Å². The van der Waals surface area contributed by atoms with Crippen LogP contribution in [0.5, 0.6) is 11.5 Å². The van der Waals surface area contributed by atoms with Gasteiger partial charge in [0, 0.05) is 18.3 Å². The highest BCUT2D eigenvalue weighted by atomic mass is 16.6. The van der Waals surface area contributed by atoms with E-state index in [0.717, 1.165) is 6.20 Å². The van der Waals surface area contributed by atoms with E-state index in [1.807, 2.05) is 0 Å². The highest BCUT2D eigenvalue weighted by Gasteiger charge is 2.19. The number of hydrogen-bond acceptors (Lipinski definition) is 6. The van der Waals surface area contributed by atoms with Crippen LogP contribution < -0.4 is 14.8 Å². The van der Waals surface area contributed by atoms with E-state index in [2.05, 4.69) is 5.32 Å². The van der Waals surface area contributed by atoms with Crippen LogP contribution in [0.3, 0.4) is 0 Å². The zero-order valence-electron chi connectivity index (χ0n) is 10.2. The molecule has 0 saturated carbocycles. The van der Waals surface area contributed by atoms with Crippen LogP contribution in [-0.4, -0.2) is 24.3 Å². The van der Waals surface area contributed by atoms with Crippen molar-refractivity contribution in [2.45, 2.75) is 0 Å². The molecule has 0 radical (unpaired) electrons. The molecule has 1 aromatic rings. The first kappa shape index (κ1) is 13.2. The lowest BCUT2D eigenvalue weighted by atomic mass is 10.1. The lowest BCUT2D eigenvalue weighted by molar-refractivity contribution is 0.0697. The van der Waals surface area contributed by atoms with Gasteiger partial charge < -0.3 is 19.9 Å². The summed E-state index contributed by atoms with van der Waals surface area (Å²) in [5.74, 6) is -0.398. The number of rotatable bonds is 3. The van der Waals surface area contributed by atoms with E-state index in [4.69, 9.17) is 25.1 Å². The van der Waals surface area contributed by atoms with Gasteiger partial charge in [-0.1, -0.05) is 0 Å². The molecule has 0 unspecified atom stereocenters. The molecule has 0 spiro atoms. The fourth-order valence-corrected chi connectivity index (χ4v) is 1.62. The number of hydrogen-bond donors (Lipinski definition) is 2. The van der Waals surface area contributed by atoms with Gasteiger partial charge in [-0.2, -0.15) is 10.5 Å². The Morgan fingerprint density at radius 1 is 1.25 bits per heavy atom. The predicted molar refractivity (Wildman–Crippen MR) is 67.3 cm³/mol. The smallest absolute Gasteiger partial charge is 0.337 e. The topological polar surface area (TPSA) is 115 Å². The van der Waals surface area contributed by atoms with E-state index in [1.54, 1.807) is 12.1 Å². The van der Waals surface area contributed by atoms with Crippen molar-refractivity contribution in [2.24, 2.45) is 0 Å². The minimum Gasteiger partial charge on any atom is -0.486 e. The Morgan fingerprint density at radius 2 is 1.85 bits per heavy atom. The van der Waals surface area contributed by atoms with Crippen LogP contribution in [0.15, 0.2) is 23.9 Å². The van der Waals surface area contributed by atoms with E-state index >= 15 is 0 Å². The van der Waals surface area contributed by atoms with Gasteiger partial charge in [-0.25, -0.2) is 4.79 Å². The molecule has 2 N–H and O–H groups in total. The van der Waals surface area contributed by atoms with Crippen LogP contribution >= 0.6 is 0 Å². The molecule has 0 aromatic heterocycles. The molecule has 0 bridgehead atoms. The molecule has 1 aliphatic heterocycles. The van der Waals surface area contributed by atoms with Crippen LogP contribution in [0.1, 0.15) is 10.4 Å². The fourth-order valence-electron chi connectivity index (χ4n) is 1.62. The van der Waals surface area contributed by atoms with Crippen LogP contribution in [0.2, 0.25) is 0 Å². The normalized spacial score (nSPS) is 11.7. The monoisotopic (exact) mass is 271 g/mol. The molecule has 1 aliphatic rings. The van der Waals surface area contributed by atoms with Crippen molar-refractivity contribution in [3.05, 3.63) is 29.5 Å². The number of aromatic carboxylic acids is 1. The van der Waals surface area contributed by atoms with Crippen molar-refractivity contribution in [3.8, 4) is 23.6 Å². The molecular formula is C13H9N3O4. The third-order valence-corrected chi connectivity index (χ3v) is 2.53. The molecule has 7 heteroatoms. The number of ether oxygens (including phenoxy) is 2. The lowest BCUT2D eigenvalue weighted by Gasteiger charge is -2.20. The largest absolute Gasteiger partial charge is 0.486 e. The summed E-state index contributed by atoms with van der Waals surface area (Å²) in [6.07, 6.45) is 1.14. The highest BCUT2D eigenvalue weighted by Crippen LogP contribution is 2.35. The van der Waals surface area contributed by atoms with Crippen molar-refractivity contribution < 1.29 is 19.4 Å². The van der Waals surface area contributed by atoms with E-state index in [9.17, 15) is 4.79 Å². The average molecular weight is 271 g/mol. The summed E-state index contributed by atoms with van der Waals surface area (Å²) in [5.41, 5.74) is 0.00158. The third kappa shape index (κ3) is 2.62. The standard InChI is InChI=1S/C13H9N3O4/c14-5-8(6-15)7-16-10-4-12-11(19-1-2-20-12)3-9(10)13(17)18/h3-4,7,16H,1-2H2,(H,17,18). The third-order valence-electron chi connectivity index (χ3n) is 2.53. The number of allylic oxidation sites excluding steroid dienone is 1. The number of nitrogens with zero attached hydrogens (tertiary/aromatic N) is 2. The maximum Gasteiger partial charge on any atom is 0.337 e. The van der Waals surface area contributed by atoms with E-state index in [1.165, 1.54) is 12.1 Å². The second-order valence-corrected chi connectivity index (χ2v) is 3.77. The number of carboxylic acids is 1. The summed E-state index contributed by atoms with van der Waals surface area (Å²) in [6.45, 7) is 0.724. The van der Waals surface area contributed by atoms with Gasteiger partial charge in [0.05, 0.1) is 11.3 Å². The molecule has 2 rings (SSSR count). The molecule has 1 aromatic carbocycles. The first-order valence-corrected chi connectivity index (χ1v) is 5.59. The Hall–Kier alpha value is -3.19. The quantitative estimate of drug-likeness (QED) is 0.800. The SMILES string of the molecule is N#CC(C#N)=CNc1cc2c(cc1C(=O)O)OCCO2. The Morgan fingerprint density at radius 3 is 2.40 bits per heavy atom. The van der Waals surface area contributed by atoms with Crippen molar-refractivity contribution in [1.29, 1.82) is 10.5 Å². The fraction of sp³-hybridized carbons (Fsp3) is 0.154. The van der Waals surface area contributed by atoms with Crippen molar-refractivity contribution >= 4 is 11.7 Å². The summed E-state index contributed by atoms with van der Waals surface area (Å²) in [6, 6.07) is 6.13. The minimum atomic E-state index is -1.16. The molecule has 7 nitrogen and oxygen atoms in total. The molecular weight excluding hydrogens is 262 g/mol. The van der Waals surface area contributed by atoms with Gasteiger partial charge in [0.1, 0.15) is 30.9 Å². The molecule has 1 heterocycles. The predicted octanol–water partition coefficient (Wildman–Crippen LogP) is 1.50. The zero-order chi connectivity index (χ0) is 14.5. The first-order chi connectivity index (χ1) is 9.65. The van der Waals surface area contributed by atoms with Crippen molar-refractivity contribution in [1.82, 2.24) is 0 Å². The van der Waals surface area contributed by atoms with Crippen molar-refractivity contribution in [3.63, 3.8) is 0 Å². The van der Waals surface area contributed by atoms with Crippen molar-refractivity contribution in [2.75, 3.05) is 18.5 Å². The molecule has 0 aliphatic carbocycles. The number of nitrogens with one attached hydrogen (secondary N) is 1. The van der Waals surface area contributed by atoms with Crippen LogP contribution in [-0.2, 0) is 0 Å². The maximum atomic E-state index is 11.2. The molecule has 100 valence electrons. The number of fused-ring (bicyclic) bond motifs is 1. The van der Waals surface area contributed by atoms with Gasteiger partial charge in [0.25, 0.3) is 0 Å². The number of nitriles is 2. The Bertz CT molecular complexity index is 651. The summed E-state index contributed by atoms with van der Waals surface area (Å²) in [4.78, 5) is 11.2. The van der Waals surface area contributed by atoms with Gasteiger partial charge in [0.15, 0.2) is 11.5 Å². The van der Waals surface area contributed by atoms with Crippen LogP contribution in [0.4, 0.5) is 5.69 Å². The molecule has 0 atom stereocenters. The zero-order valence-corrected chi connectivity index (χ0v) is 10.2. The number of carbonyl (C=O) groups is 1. The molecule has 0 amide bonds. The molecule has 20 heavy (non-hydrogen) atoms. The minimum absolute atomic E-state index is 0.0410. The van der Waals surface area contributed by atoms with E-state index < -0.39 is 5.97 Å². The Labute approximate surface area is 114 Å². The maximum absolute atomic E-state index is 11.2. The van der Waals surface area contributed by atoms with Gasteiger partial charge in [-0.3, -0.25) is 0 Å². The van der Waals surface area contributed by atoms with Crippen LogP contribution in [0, 0.1) is 22.7 Å². The average Bonchev–Trinajstić information content (AvgIpc) is 2.47. The summed E-state index contributed by atoms with van der Waals surface area (Å²) in [5, 5.41) is 29.0. The number of benzene rings is 1. The van der Waals surface area contributed by atoms with Gasteiger partial charge >= 0.3 is 5.97 Å². The number of anilines is 1. The van der Waals surface area contributed by atoms with E-state index in [-0.39, 0.29) is 16.8 Å². The highest BCUT2D eigenvalue weighted by molar-refractivity contribution is 5.95. The van der Waals surface area contributed by atoms with Gasteiger partial charge in [-0.15, -0.1) is 0 Å². The first-order valence-electron chi connectivity index (χ1n) is 5.59. The lowest BCUT2D eigenvalue weighted by Crippen LogP contribution is -2.16. The summed E-state index contributed by atoms with van der Waals surface area (Å²) in [7, 11) is 0. The molecule has 0 fully saturated rings. The Kier molecular flexibility index (Phi) is 3.73. The summed E-state index contributed by atoms with van der Waals surface area (Å²) < 4.78 is 10.7. The molecule has 0 saturated heterocycles. The van der Waals surface area contributed by atoms with Gasteiger partial charge in [0.2, 0.25) is 0 Å². The van der Waals surface area contributed by atoms with E-state index in [0.29, 0.717) is 24.7 Å². The second-order valence-electron chi connectivity index (χ2n) is 3.77. The summed E-state index contributed by atoms with van der Waals surface area (Å²) >= 11 is 0. The van der Waals surface area contributed by atoms with Gasteiger partial charge in [-0.05, 0) is 0 Å². The number of carboxylic acid groups (broad SMARTS) is 1.